The van der Waals surface area contributed by atoms with E-state index in [9.17, 15) is 16.8 Å². The molecule has 4 aromatic carbocycles. The summed E-state index contributed by atoms with van der Waals surface area (Å²) in [6.07, 6.45) is 0.557. The fourth-order valence-corrected chi connectivity index (χ4v) is 8.22. The molecule has 0 radical (unpaired) electrons. The summed E-state index contributed by atoms with van der Waals surface area (Å²) >= 11 is 3.59. The van der Waals surface area contributed by atoms with Crippen LogP contribution in [0.3, 0.4) is 0 Å². The minimum atomic E-state index is -3.80. The molecule has 0 spiro atoms. The molecule has 4 aromatic rings. The molecule has 0 fully saturated rings. The second kappa shape index (κ2) is 12.4. The molecule has 0 atom stereocenters. The first kappa shape index (κ1) is 30.2. The molecule has 0 amide bonds. The van der Waals surface area contributed by atoms with Crippen LogP contribution >= 0.6 is 15.9 Å². The third-order valence-corrected chi connectivity index (χ3v) is 11.7. The second-order valence-corrected chi connectivity index (χ2v) is 15.0. The van der Waals surface area contributed by atoms with Gasteiger partial charge in [-0.1, -0.05) is 95.1 Å². The van der Waals surface area contributed by atoms with Gasteiger partial charge in [0.1, 0.15) is 0 Å². The number of hydrogen-bond acceptors (Lipinski definition) is 4. The van der Waals surface area contributed by atoms with Gasteiger partial charge in [0.05, 0.1) is 15.5 Å². The molecule has 0 bridgehead atoms. The number of aryl methyl sites for hydroxylation is 3. The third kappa shape index (κ3) is 6.74. The summed E-state index contributed by atoms with van der Waals surface area (Å²) in [7, 11) is -7.11. The molecule has 0 heterocycles. The zero-order valence-electron chi connectivity index (χ0n) is 23.2. The summed E-state index contributed by atoms with van der Waals surface area (Å²) in [6, 6.07) is 26.2. The zero-order valence-corrected chi connectivity index (χ0v) is 26.4. The normalized spacial score (nSPS) is 12.2. The Hall–Kier alpha value is -2.78. The average molecular weight is 641 g/mol. The average Bonchev–Trinajstić information content (AvgIpc) is 2.91. The Kier molecular flexibility index (Phi) is 9.35. The number of hydrogen-bond donors (Lipinski definition) is 0. The van der Waals surface area contributed by atoms with E-state index in [-0.39, 0.29) is 12.3 Å². The lowest BCUT2D eigenvalue weighted by Gasteiger charge is -2.25. The maximum Gasteiger partial charge on any atom is 0.243 e. The number of rotatable bonds is 10. The van der Waals surface area contributed by atoms with Gasteiger partial charge in [0, 0.05) is 17.6 Å². The van der Waals surface area contributed by atoms with E-state index in [4.69, 9.17) is 0 Å². The molecule has 0 saturated heterocycles. The van der Waals surface area contributed by atoms with Crippen LogP contribution in [0.5, 0.6) is 0 Å². The van der Waals surface area contributed by atoms with Gasteiger partial charge in [0.2, 0.25) is 10.0 Å². The van der Waals surface area contributed by atoms with Gasteiger partial charge < -0.3 is 0 Å². The Morgan fingerprint density at radius 2 is 1.40 bits per heavy atom. The van der Waals surface area contributed by atoms with Gasteiger partial charge in [-0.3, -0.25) is 0 Å². The predicted molar refractivity (Wildman–Crippen MR) is 166 cm³/mol. The zero-order chi connectivity index (χ0) is 29.1. The number of halogens is 1. The number of sulfonamides is 1. The van der Waals surface area contributed by atoms with E-state index < -0.39 is 19.9 Å². The van der Waals surface area contributed by atoms with Gasteiger partial charge in [-0.15, -0.1) is 0 Å². The van der Waals surface area contributed by atoms with Crippen LogP contribution in [0.1, 0.15) is 34.7 Å². The highest BCUT2D eigenvalue weighted by molar-refractivity contribution is 9.10. The van der Waals surface area contributed by atoms with E-state index in [1.807, 2.05) is 87.5 Å². The van der Waals surface area contributed by atoms with Crippen molar-refractivity contribution in [2.75, 3.05) is 12.3 Å². The Morgan fingerprint density at radius 3 is 2.02 bits per heavy atom. The number of nitrogens with zero attached hydrogens (tertiary/aromatic N) is 1. The lowest BCUT2D eigenvalue weighted by molar-refractivity contribution is 0.408. The van der Waals surface area contributed by atoms with E-state index in [0.29, 0.717) is 22.8 Å². The van der Waals surface area contributed by atoms with Crippen LogP contribution in [0, 0.1) is 20.8 Å². The smallest absolute Gasteiger partial charge is 0.224 e. The van der Waals surface area contributed by atoms with E-state index in [0.717, 1.165) is 43.4 Å². The summed E-state index contributed by atoms with van der Waals surface area (Å²) < 4.78 is 55.4. The summed E-state index contributed by atoms with van der Waals surface area (Å²) in [6.45, 7) is 7.82. The molecule has 0 aliphatic heterocycles. The highest BCUT2D eigenvalue weighted by atomic mass is 79.9. The fourth-order valence-electron chi connectivity index (χ4n) is 4.98. The van der Waals surface area contributed by atoms with Gasteiger partial charge in [-0.2, -0.15) is 4.31 Å². The Morgan fingerprint density at radius 1 is 0.750 bits per heavy atom. The van der Waals surface area contributed by atoms with Crippen molar-refractivity contribution in [2.45, 2.75) is 50.5 Å². The SMILES string of the molecule is CCS(=O)(=O)c1cccc(-c2ccc(CN(CCc3ccccc3Br)S(=O)(=O)c3c(C)cc(C)cc3C)cc2)c1. The predicted octanol–water partition coefficient (Wildman–Crippen LogP) is 7.27. The number of benzene rings is 4. The monoisotopic (exact) mass is 639 g/mol. The minimum Gasteiger partial charge on any atom is -0.224 e. The van der Waals surface area contributed by atoms with E-state index in [2.05, 4.69) is 15.9 Å². The molecule has 0 aliphatic carbocycles. The van der Waals surface area contributed by atoms with E-state index in [1.165, 1.54) is 0 Å². The van der Waals surface area contributed by atoms with E-state index >= 15 is 0 Å². The van der Waals surface area contributed by atoms with Gasteiger partial charge in [-0.05, 0) is 78.8 Å². The first-order valence-electron chi connectivity index (χ1n) is 13.2. The van der Waals surface area contributed by atoms with Crippen LogP contribution in [0.25, 0.3) is 11.1 Å². The van der Waals surface area contributed by atoms with Crippen molar-refractivity contribution in [1.29, 1.82) is 0 Å². The van der Waals surface area contributed by atoms with Gasteiger partial charge in [-0.25, -0.2) is 16.8 Å². The highest BCUT2D eigenvalue weighted by Crippen LogP contribution is 2.29. The van der Waals surface area contributed by atoms with Crippen molar-refractivity contribution in [3.63, 3.8) is 0 Å². The lowest BCUT2D eigenvalue weighted by atomic mass is 10.0. The highest BCUT2D eigenvalue weighted by Gasteiger charge is 2.28. The summed E-state index contributed by atoms with van der Waals surface area (Å²) in [5, 5.41) is 0. The Labute approximate surface area is 247 Å². The third-order valence-electron chi connectivity index (χ3n) is 7.01. The van der Waals surface area contributed by atoms with E-state index in [1.54, 1.807) is 29.4 Å². The molecule has 4 rings (SSSR count). The largest absolute Gasteiger partial charge is 0.243 e. The van der Waals surface area contributed by atoms with Crippen molar-refractivity contribution in [1.82, 2.24) is 4.31 Å². The fraction of sp³-hybridized carbons (Fsp3) is 0.250. The first-order valence-corrected chi connectivity index (χ1v) is 17.0. The maximum atomic E-state index is 14.1. The van der Waals surface area contributed by atoms with Gasteiger partial charge in [0.25, 0.3) is 0 Å². The number of sulfone groups is 1. The molecule has 0 aromatic heterocycles. The van der Waals surface area contributed by atoms with Crippen LogP contribution in [0.15, 0.2) is 99.2 Å². The Bertz CT molecular complexity index is 1710. The maximum absolute atomic E-state index is 14.1. The molecular weight excluding hydrogens is 606 g/mol. The lowest BCUT2D eigenvalue weighted by Crippen LogP contribution is -2.33. The Balaban J connectivity index is 1.67. The minimum absolute atomic E-state index is 0.0409. The molecule has 210 valence electrons. The molecule has 0 aliphatic rings. The van der Waals surface area contributed by atoms with Crippen LogP contribution in [0.4, 0.5) is 0 Å². The molecule has 8 heteroatoms. The van der Waals surface area contributed by atoms with Gasteiger partial charge >= 0.3 is 0 Å². The topological polar surface area (TPSA) is 71.5 Å². The summed E-state index contributed by atoms with van der Waals surface area (Å²) in [5.41, 5.74) is 6.05. The molecule has 40 heavy (non-hydrogen) atoms. The molecule has 0 saturated carbocycles. The molecular formula is C32H34BrNO4S2. The van der Waals surface area contributed by atoms with Crippen molar-refractivity contribution < 1.29 is 16.8 Å². The molecule has 5 nitrogen and oxygen atoms in total. The molecule has 0 unspecified atom stereocenters. The summed E-state index contributed by atoms with van der Waals surface area (Å²) in [4.78, 5) is 0.653. The summed E-state index contributed by atoms with van der Waals surface area (Å²) in [5.74, 6) is 0.0409. The first-order chi connectivity index (χ1) is 18.9. The quantitative estimate of drug-likeness (QED) is 0.183. The van der Waals surface area contributed by atoms with Gasteiger partial charge in [0.15, 0.2) is 9.84 Å². The standard InChI is InChI=1S/C32H34BrNO4S2/c1-5-39(35,36)30-11-8-10-29(21-30)27-15-13-26(14-16-27)22-34(18-17-28-9-6-7-12-31(28)33)40(37,38)32-24(3)19-23(2)20-25(32)4/h6-16,19-21H,5,17-18,22H2,1-4H3. The van der Waals surface area contributed by atoms with Crippen LogP contribution in [-0.2, 0) is 32.8 Å². The van der Waals surface area contributed by atoms with Crippen molar-refractivity contribution in [3.8, 4) is 11.1 Å². The van der Waals surface area contributed by atoms with Crippen LogP contribution in [0.2, 0.25) is 0 Å². The van der Waals surface area contributed by atoms with Crippen LogP contribution < -0.4 is 0 Å². The second-order valence-electron chi connectivity index (χ2n) is 10.0. The van der Waals surface area contributed by atoms with Crippen molar-refractivity contribution in [3.05, 3.63) is 117 Å². The molecule has 0 N–H and O–H groups in total. The van der Waals surface area contributed by atoms with Crippen LogP contribution in [-0.4, -0.2) is 33.4 Å². The van der Waals surface area contributed by atoms with Crippen molar-refractivity contribution >= 4 is 35.8 Å². The van der Waals surface area contributed by atoms with Crippen molar-refractivity contribution in [2.24, 2.45) is 0 Å².